The van der Waals surface area contributed by atoms with Gasteiger partial charge in [0.15, 0.2) is 0 Å². The van der Waals surface area contributed by atoms with Crippen molar-refractivity contribution in [1.29, 1.82) is 5.26 Å². The van der Waals surface area contributed by atoms with Crippen molar-refractivity contribution in [3.05, 3.63) is 65.4 Å². The van der Waals surface area contributed by atoms with Gasteiger partial charge >= 0.3 is 11.9 Å². The van der Waals surface area contributed by atoms with Crippen LogP contribution in [0.4, 0.5) is 5.69 Å². The normalized spacial score (nSPS) is 13.7. The fraction of sp³-hybridized carbons (Fsp3) is 0.190. The zero-order chi connectivity index (χ0) is 20.1. The van der Waals surface area contributed by atoms with Crippen LogP contribution in [0.25, 0.3) is 11.1 Å². The molecule has 1 heterocycles. The molecule has 0 radical (unpaired) electrons. The highest BCUT2D eigenvalue weighted by molar-refractivity contribution is 6.04. The second-order valence-corrected chi connectivity index (χ2v) is 5.93. The SMILES string of the molecule is COC(=O)C1=C(C(=O)OC)N(c2ccccc2-c2cccc(C#N)c2)COC1. The van der Waals surface area contributed by atoms with Crippen molar-refractivity contribution < 1.29 is 23.8 Å². The minimum Gasteiger partial charge on any atom is -0.466 e. The molecule has 0 bridgehead atoms. The molecule has 0 saturated heterocycles. The second-order valence-electron chi connectivity index (χ2n) is 5.93. The maximum absolute atomic E-state index is 12.5. The van der Waals surface area contributed by atoms with E-state index < -0.39 is 11.9 Å². The van der Waals surface area contributed by atoms with Crippen LogP contribution in [0.2, 0.25) is 0 Å². The van der Waals surface area contributed by atoms with Crippen LogP contribution in [0.5, 0.6) is 0 Å². The van der Waals surface area contributed by atoms with Crippen LogP contribution in [0.15, 0.2) is 59.8 Å². The quantitative estimate of drug-likeness (QED) is 0.756. The monoisotopic (exact) mass is 378 g/mol. The molecule has 3 rings (SSSR count). The molecule has 0 saturated carbocycles. The number of hydrogen-bond donors (Lipinski definition) is 0. The Kier molecular flexibility index (Phi) is 5.72. The van der Waals surface area contributed by atoms with Crippen LogP contribution >= 0.6 is 0 Å². The number of nitriles is 1. The average molecular weight is 378 g/mol. The van der Waals surface area contributed by atoms with Gasteiger partial charge in [-0.15, -0.1) is 0 Å². The molecule has 0 fully saturated rings. The molecule has 1 aliphatic rings. The molecule has 7 nitrogen and oxygen atoms in total. The summed E-state index contributed by atoms with van der Waals surface area (Å²) in [5.41, 5.74) is 2.88. The van der Waals surface area contributed by atoms with Gasteiger partial charge in [0.05, 0.1) is 43.7 Å². The first-order valence-electron chi connectivity index (χ1n) is 8.45. The van der Waals surface area contributed by atoms with Crippen LogP contribution in [-0.2, 0) is 23.8 Å². The van der Waals surface area contributed by atoms with Gasteiger partial charge in [-0.25, -0.2) is 9.59 Å². The van der Waals surface area contributed by atoms with Crippen LogP contribution in [0.3, 0.4) is 0 Å². The summed E-state index contributed by atoms with van der Waals surface area (Å²) in [7, 11) is 2.49. The van der Waals surface area contributed by atoms with Gasteiger partial charge in [0, 0.05) is 5.56 Å². The van der Waals surface area contributed by atoms with E-state index in [1.165, 1.54) is 14.2 Å². The van der Waals surface area contributed by atoms with Crippen molar-refractivity contribution in [2.45, 2.75) is 0 Å². The molecule has 0 unspecified atom stereocenters. The zero-order valence-electron chi connectivity index (χ0n) is 15.5. The van der Waals surface area contributed by atoms with Gasteiger partial charge in [-0.3, -0.25) is 0 Å². The first-order chi connectivity index (χ1) is 13.6. The van der Waals surface area contributed by atoms with E-state index in [1.807, 2.05) is 24.3 Å². The molecule has 0 atom stereocenters. The van der Waals surface area contributed by atoms with Gasteiger partial charge in [0.25, 0.3) is 0 Å². The lowest BCUT2D eigenvalue weighted by molar-refractivity contribution is -0.140. The number of rotatable bonds is 4. The highest BCUT2D eigenvalue weighted by atomic mass is 16.5. The number of carbonyl (C=O) groups is 2. The Morgan fingerprint density at radius 3 is 2.54 bits per heavy atom. The minimum absolute atomic E-state index is 0.0554. The maximum Gasteiger partial charge on any atom is 0.355 e. The van der Waals surface area contributed by atoms with Crippen molar-refractivity contribution in [1.82, 2.24) is 0 Å². The smallest absolute Gasteiger partial charge is 0.355 e. The molecule has 2 aromatic carbocycles. The van der Waals surface area contributed by atoms with E-state index in [0.29, 0.717) is 11.3 Å². The van der Waals surface area contributed by atoms with Gasteiger partial charge in [0.2, 0.25) is 0 Å². The van der Waals surface area contributed by atoms with Gasteiger partial charge < -0.3 is 19.1 Å². The maximum atomic E-state index is 12.5. The summed E-state index contributed by atoms with van der Waals surface area (Å²) in [6.07, 6.45) is 0. The van der Waals surface area contributed by atoms with Crippen LogP contribution in [0.1, 0.15) is 5.56 Å². The Morgan fingerprint density at radius 2 is 1.82 bits per heavy atom. The molecule has 0 N–H and O–H groups in total. The Balaban J connectivity index is 2.18. The second kappa shape index (κ2) is 8.37. The summed E-state index contributed by atoms with van der Waals surface area (Å²) in [4.78, 5) is 26.3. The lowest BCUT2D eigenvalue weighted by Gasteiger charge is -2.32. The molecule has 7 heteroatoms. The molecule has 0 spiro atoms. The number of anilines is 1. The zero-order valence-corrected chi connectivity index (χ0v) is 15.5. The number of para-hydroxylation sites is 1. The third-order valence-corrected chi connectivity index (χ3v) is 4.33. The highest BCUT2D eigenvalue weighted by Gasteiger charge is 2.33. The minimum atomic E-state index is -0.663. The van der Waals surface area contributed by atoms with E-state index in [4.69, 9.17) is 14.2 Å². The molecule has 142 valence electrons. The lowest BCUT2D eigenvalue weighted by atomic mass is 10.00. The first-order valence-corrected chi connectivity index (χ1v) is 8.45. The molecular formula is C21H18N2O5. The molecule has 2 aromatic rings. The van der Waals surface area contributed by atoms with Crippen molar-refractivity contribution >= 4 is 17.6 Å². The fourth-order valence-corrected chi connectivity index (χ4v) is 3.04. The summed E-state index contributed by atoms with van der Waals surface area (Å²) in [6, 6.07) is 16.6. The summed E-state index contributed by atoms with van der Waals surface area (Å²) in [5.74, 6) is -1.32. The van der Waals surface area contributed by atoms with E-state index in [-0.39, 0.29) is 24.6 Å². The fourth-order valence-electron chi connectivity index (χ4n) is 3.04. The van der Waals surface area contributed by atoms with Crippen LogP contribution in [0, 0.1) is 11.3 Å². The van der Waals surface area contributed by atoms with E-state index in [0.717, 1.165) is 11.1 Å². The van der Waals surface area contributed by atoms with Crippen LogP contribution < -0.4 is 4.90 Å². The molecule has 1 aliphatic heterocycles. The number of nitrogens with zero attached hydrogens (tertiary/aromatic N) is 2. The third-order valence-electron chi connectivity index (χ3n) is 4.33. The highest BCUT2D eigenvalue weighted by Crippen LogP contribution is 2.35. The van der Waals surface area contributed by atoms with Crippen molar-refractivity contribution in [2.24, 2.45) is 0 Å². The van der Waals surface area contributed by atoms with Gasteiger partial charge in [-0.2, -0.15) is 5.26 Å². The third kappa shape index (κ3) is 3.59. The number of ether oxygens (including phenoxy) is 3. The van der Waals surface area contributed by atoms with E-state index >= 15 is 0 Å². The molecular weight excluding hydrogens is 360 g/mol. The summed E-state index contributed by atoms with van der Waals surface area (Å²) in [6.45, 7) is -0.000424. The predicted molar refractivity (Wildman–Crippen MR) is 101 cm³/mol. The summed E-state index contributed by atoms with van der Waals surface area (Å²) < 4.78 is 15.2. The number of esters is 2. The van der Waals surface area contributed by atoms with Gasteiger partial charge in [0.1, 0.15) is 12.4 Å². The average Bonchev–Trinajstić information content (AvgIpc) is 2.77. The number of benzene rings is 2. The first kappa shape index (κ1) is 19.1. The largest absolute Gasteiger partial charge is 0.466 e. The van der Waals surface area contributed by atoms with Crippen molar-refractivity contribution in [3.8, 4) is 17.2 Å². The lowest BCUT2D eigenvalue weighted by Crippen LogP contribution is -2.39. The molecule has 0 aromatic heterocycles. The van der Waals surface area contributed by atoms with Gasteiger partial charge in [-0.1, -0.05) is 30.3 Å². The Bertz CT molecular complexity index is 990. The topological polar surface area (TPSA) is 88.9 Å². The summed E-state index contributed by atoms with van der Waals surface area (Å²) in [5, 5.41) is 9.20. The van der Waals surface area contributed by atoms with E-state index in [1.54, 1.807) is 29.2 Å². The van der Waals surface area contributed by atoms with Crippen molar-refractivity contribution in [3.63, 3.8) is 0 Å². The Labute approximate surface area is 162 Å². The Hall–Kier alpha value is -3.63. The Morgan fingerprint density at radius 1 is 1.07 bits per heavy atom. The van der Waals surface area contributed by atoms with Gasteiger partial charge in [-0.05, 0) is 23.8 Å². The molecule has 0 aliphatic carbocycles. The molecule has 0 amide bonds. The van der Waals surface area contributed by atoms with Crippen LogP contribution in [-0.4, -0.2) is 39.5 Å². The predicted octanol–water partition coefficient (Wildman–Crippen LogP) is 2.62. The number of methoxy groups -OCH3 is 2. The standard InChI is InChI=1S/C21H18N2O5/c1-26-20(24)17-12-28-13-23(19(17)21(25)27-2)18-9-4-3-8-16(18)15-7-5-6-14(10-15)11-22/h3-10H,12-13H2,1-2H3. The number of hydrogen-bond acceptors (Lipinski definition) is 7. The van der Waals surface area contributed by atoms with Crippen molar-refractivity contribution in [2.75, 3.05) is 32.5 Å². The molecule has 28 heavy (non-hydrogen) atoms. The number of carbonyl (C=O) groups excluding carboxylic acids is 2. The van der Waals surface area contributed by atoms with E-state index in [9.17, 15) is 14.9 Å². The summed E-state index contributed by atoms with van der Waals surface area (Å²) >= 11 is 0. The van der Waals surface area contributed by atoms with E-state index in [2.05, 4.69) is 6.07 Å².